The number of carboxylic acid groups (broad SMARTS) is 1. The molecule has 2 unspecified atom stereocenters. The van der Waals surface area contributed by atoms with E-state index in [1.54, 1.807) is 111 Å². The molecule has 0 saturated carbocycles. The number of amides is 3. The van der Waals surface area contributed by atoms with E-state index in [0.29, 0.717) is 77.7 Å². The van der Waals surface area contributed by atoms with Crippen molar-refractivity contribution in [2.75, 3.05) is 62.5 Å². The molecule has 0 saturated heterocycles. The van der Waals surface area contributed by atoms with Crippen molar-refractivity contribution in [2.45, 2.75) is 52.6 Å². The van der Waals surface area contributed by atoms with Crippen LogP contribution in [0.1, 0.15) is 61.3 Å². The topological polar surface area (TPSA) is 382 Å². The number of aromatic nitrogens is 4. The maximum Gasteiger partial charge on any atom is 0.328 e. The summed E-state index contributed by atoms with van der Waals surface area (Å²) in [5, 5.41) is 18.0. The van der Waals surface area contributed by atoms with Gasteiger partial charge in [0.2, 0.25) is 37.7 Å². The third kappa shape index (κ3) is 17.6. The van der Waals surface area contributed by atoms with Crippen molar-refractivity contribution in [2.24, 2.45) is 17.6 Å². The fraction of sp³-hybridized carbons (Fsp3) is 0.237. The van der Waals surface area contributed by atoms with Crippen LogP contribution in [0.3, 0.4) is 0 Å². The molecule has 6 heterocycles. The first-order valence-corrected chi connectivity index (χ1v) is 36.8. The Bertz CT molecular complexity index is 5520. The molecule has 27 nitrogen and oxygen atoms in total. The molecular formula is C76H74F2N10O17S2. The van der Waals surface area contributed by atoms with E-state index < -0.39 is 79.8 Å². The predicted octanol–water partition coefficient (Wildman–Crippen LogP) is 11.8. The van der Waals surface area contributed by atoms with E-state index in [9.17, 15) is 59.5 Å². The molecule has 0 radical (unpaired) electrons. The Hall–Kier alpha value is -12.2. The number of fused-ring (bicyclic) bond motifs is 4. The Morgan fingerprint density at radius 1 is 0.523 bits per heavy atom. The van der Waals surface area contributed by atoms with Crippen molar-refractivity contribution < 1.29 is 86.6 Å². The van der Waals surface area contributed by atoms with Gasteiger partial charge in [-0.2, -0.15) is 9.97 Å². The van der Waals surface area contributed by atoms with Crippen LogP contribution in [-0.4, -0.2) is 144 Å². The van der Waals surface area contributed by atoms with Gasteiger partial charge in [0, 0.05) is 102 Å². The number of halogens is 2. The first-order valence-electron chi connectivity index (χ1n) is 33.1. The number of esters is 2. The van der Waals surface area contributed by atoms with Gasteiger partial charge in [-0.3, -0.25) is 32.6 Å². The fourth-order valence-electron chi connectivity index (χ4n) is 11.5. The Balaban J connectivity index is 0.000000207. The number of sulfonamides is 2. The Morgan fingerprint density at radius 2 is 0.935 bits per heavy atom. The van der Waals surface area contributed by atoms with Gasteiger partial charge in [-0.25, -0.2) is 40.4 Å². The summed E-state index contributed by atoms with van der Waals surface area (Å²) in [6.45, 7) is 6.56. The molecule has 12 rings (SSSR count). The number of nitrogens with zero attached hydrogens (tertiary/aromatic N) is 6. The summed E-state index contributed by atoms with van der Waals surface area (Å²) in [7, 11) is -2.61. The van der Waals surface area contributed by atoms with E-state index in [1.807, 2.05) is 13.8 Å². The predicted molar refractivity (Wildman–Crippen MR) is 397 cm³/mol. The fourth-order valence-corrected chi connectivity index (χ4v) is 13.3. The molecule has 31 heteroatoms. The number of aliphatic carboxylic acids is 1. The van der Waals surface area contributed by atoms with Crippen LogP contribution in [0.15, 0.2) is 176 Å². The molecule has 0 spiro atoms. The lowest BCUT2D eigenvalue weighted by atomic mass is 9.97. The number of pyridine rings is 2. The normalized spacial score (nSPS) is 12.1. The second kappa shape index (κ2) is 32.8. The van der Waals surface area contributed by atoms with Crippen LogP contribution in [0.25, 0.3) is 112 Å². The van der Waals surface area contributed by atoms with Gasteiger partial charge >= 0.3 is 17.9 Å². The van der Waals surface area contributed by atoms with Crippen molar-refractivity contribution >= 4 is 111 Å². The zero-order valence-electron chi connectivity index (χ0n) is 59.5. The number of carbonyl (C=O) groups excluding carboxylic acids is 5. The molecule has 6 aromatic heterocycles. The average Bonchev–Trinajstić information content (AvgIpc) is 1.64. The summed E-state index contributed by atoms with van der Waals surface area (Å²) in [6.07, 6.45) is 4.39. The highest BCUT2D eigenvalue weighted by molar-refractivity contribution is 7.92. The summed E-state index contributed by atoms with van der Waals surface area (Å²) in [5.41, 5.74) is 11.8. The summed E-state index contributed by atoms with van der Waals surface area (Å²) in [6, 6.07) is 36.6. The second-order valence-corrected chi connectivity index (χ2v) is 28.8. The number of carboxylic acids is 1. The minimum absolute atomic E-state index is 0.130. The monoisotopic (exact) mass is 1500 g/mol. The highest BCUT2D eigenvalue weighted by Crippen LogP contribution is 2.45. The maximum atomic E-state index is 13.9. The standard InChI is InChI=1S/C38H36FN5O8S.C32H25FN4O7S.C6H13NO2/c1-21(2)33(38(47)50-4)42-31(45)15-17-44(53(5,48)49)28-20-30-27(32(36(46)40-3)34(51-30)22-11-13-25(39)14-12-22)19-26(28)23-8-6-9-24(18-23)37-43-35-29(52-37)10-7-16-41-35;1-34-31(40)28-23-16-22(19-5-3-6-20(15-19)32-36-30-25(44-32)7-4-13-35-30)24(37(45(2,41)42)14-12-27(38)39)17-26(23)43-29(28)18-8-10-21(33)11-9-18;1-4(2)5(7)6(8)9-3/h6-14,16,18-21,33H,15,17H2,1-5H3,(H,40,46)(H,42,45);3-11,13,15-17H,12,14H2,1-2H3,(H,34,40)(H,38,39);4-5H,7H2,1-3H3. The quantitative estimate of drug-likeness (QED) is 0.0371. The lowest BCUT2D eigenvalue weighted by molar-refractivity contribution is -0.146. The molecule has 107 heavy (non-hydrogen) atoms. The van der Waals surface area contributed by atoms with E-state index >= 15 is 0 Å². The summed E-state index contributed by atoms with van der Waals surface area (Å²) in [5.74, 6) is -3.94. The van der Waals surface area contributed by atoms with Crippen molar-refractivity contribution in [3.05, 3.63) is 181 Å². The van der Waals surface area contributed by atoms with Gasteiger partial charge < -0.3 is 53.9 Å². The third-order valence-electron chi connectivity index (χ3n) is 16.9. The Kier molecular flexibility index (Phi) is 23.8. The molecule has 0 fully saturated rings. The van der Waals surface area contributed by atoms with Crippen molar-refractivity contribution in [1.29, 1.82) is 0 Å². The molecule has 0 aliphatic rings. The lowest BCUT2D eigenvalue weighted by Crippen LogP contribution is -2.46. The number of oxazole rings is 2. The average molecular weight is 1500 g/mol. The molecule has 12 aromatic rings. The summed E-state index contributed by atoms with van der Waals surface area (Å²) >= 11 is 0. The van der Waals surface area contributed by atoms with Gasteiger partial charge in [-0.1, -0.05) is 52.0 Å². The number of nitrogens with one attached hydrogen (secondary N) is 3. The number of methoxy groups -OCH3 is 2. The SMILES string of the molecule is CNC(=O)c1c(-c2ccc(F)cc2)oc2cc(N(CCC(=O)NC(C(=O)OC)C(C)C)S(C)(=O)=O)c(-c3cccc(-c4nc5ncccc5o4)c3)cc12.CNC(=O)c1c(-c2ccc(F)cc2)oc2cc(N(CCC(=O)O)S(C)(=O)=O)c(-c3cccc(-c4nc5ncccc5o4)c3)cc12.COC(=O)C(N)C(C)C. The third-order valence-corrected chi connectivity index (χ3v) is 19.3. The van der Waals surface area contributed by atoms with Gasteiger partial charge in [-0.05, 0) is 132 Å². The number of ether oxygens (including phenoxy) is 2. The van der Waals surface area contributed by atoms with Crippen molar-refractivity contribution in [1.82, 2.24) is 35.9 Å². The number of hydrogen-bond acceptors (Lipinski definition) is 21. The molecular weight excluding hydrogens is 1430 g/mol. The first kappa shape index (κ1) is 77.4. The van der Waals surface area contributed by atoms with Gasteiger partial charge in [0.05, 0.1) is 55.7 Å². The van der Waals surface area contributed by atoms with E-state index in [-0.39, 0.29) is 94.3 Å². The first-order chi connectivity index (χ1) is 50.9. The van der Waals surface area contributed by atoms with Crippen molar-refractivity contribution in [3.63, 3.8) is 0 Å². The van der Waals surface area contributed by atoms with Crippen LogP contribution in [-0.2, 0) is 48.7 Å². The highest BCUT2D eigenvalue weighted by atomic mass is 32.2. The number of furan rings is 2. The van der Waals surface area contributed by atoms with Crippen LogP contribution in [0, 0.1) is 23.5 Å². The number of nitrogens with two attached hydrogens (primary N) is 1. The maximum absolute atomic E-state index is 13.9. The second-order valence-electron chi connectivity index (χ2n) is 25.0. The minimum atomic E-state index is -4.08. The van der Waals surface area contributed by atoms with Crippen molar-refractivity contribution in [3.8, 4) is 67.8 Å². The minimum Gasteiger partial charge on any atom is -0.481 e. The molecule has 6 aromatic carbocycles. The summed E-state index contributed by atoms with van der Waals surface area (Å²) in [4.78, 5) is 91.7. The van der Waals surface area contributed by atoms with Gasteiger partial charge in [-0.15, -0.1) is 0 Å². The lowest BCUT2D eigenvalue weighted by Gasteiger charge is -2.26. The number of carbonyl (C=O) groups is 6. The van der Waals surface area contributed by atoms with E-state index in [1.165, 1.54) is 89.0 Å². The Morgan fingerprint density at radius 3 is 1.29 bits per heavy atom. The highest BCUT2D eigenvalue weighted by Gasteiger charge is 2.32. The molecule has 3 amide bonds. The van der Waals surface area contributed by atoms with E-state index in [0.717, 1.165) is 21.1 Å². The van der Waals surface area contributed by atoms with E-state index in [2.05, 4.69) is 40.6 Å². The van der Waals surface area contributed by atoms with Crippen LogP contribution < -0.4 is 30.3 Å². The molecule has 0 aliphatic heterocycles. The van der Waals surface area contributed by atoms with Gasteiger partial charge in [0.25, 0.3) is 11.8 Å². The molecule has 2 atom stereocenters. The molecule has 0 aliphatic carbocycles. The molecule has 6 N–H and O–H groups in total. The number of hydrogen-bond donors (Lipinski definition) is 5. The Labute approximate surface area is 612 Å². The zero-order valence-corrected chi connectivity index (χ0v) is 61.1. The largest absolute Gasteiger partial charge is 0.481 e. The smallest absolute Gasteiger partial charge is 0.328 e. The van der Waals surface area contributed by atoms with Crippen LogP contribution in [0.4, 0.5) is 20.2 Å². The number of anilines is 2. The number of rotatable bonds is 23. The van der Waals surface area contributed by atoms with Crippen LogP contribution in [0.2, 0.25) is 0 Å². The summed E-state index contributed by atoms with van der Waals surface area (Å²) < 4.78 is 117. The molecule has 556 valence electrons. The number of benzene rings is 6. The van der Waals surface area contributed by atoms with Gasteiger partial charge in [0.15, 0.2) is 22.5 Å². The van der Waals surface area contributed by atoms with Gasteiger partial charge in [0.1, 0.15) is 46.4 Å². The van der Waals surface area contributed by atoms with Crippen LogP contribution >= 0.6 is 0 Å². The van der Waals surface area contributed by atoms with E-state index in [4.69, 9.17) is 28.1 Å². The molecule has 0 bridgehead atoms. The van der Waals surface area contributed by atoms with Crippen LogP contribution in [0.5, 0.6) is 0 Å². The zero-order chi connectivity index (χ0) is 77.3.